The van der Waals surface area contributed by atoms with Crippen molar-refractivity contribution >= 4 is 16.1 Å². The Labute approximate surface area is 172 Å². The highest BCUT2D eigenvalue weighted by Gasteiger charge is 2.14. The molecule has 0 unspecified atom stereocenters. The average molecular weight is 419 g/mol. The molecule has 0 bridgehead atoms. The number of benzene rings is 1. The first-order valence-electron chi connectivity index (χ1n) is 9.77. The first-order chi connectivity index (χ1) is 13.1. The summed E-state index contributed by atoms with van der Waals surface area (Å²) in [7, 11) is -3.11. The third kappa shape index (κ3) is 10.0. The zero-order valence-electron chi connectivity index (χ0n) is 18.1. The van der Waals surface area contributed by atoms with Crippen molar-refractivity contribution in [2.24, 2.45) is 0 Å². The Morgan fingerprint density at radius 3 is 1.36 bits per heavy atom. The van der Waals surface area contributed by atoms with Crippen LogP contribution in [0, 0.1) is 22.9 Å². The molecule has 1 rings (SSSR count). The first kappa shape index (κ1) is 24.3. The Bertz CT molecular complexity index is 688. The maximum absolute atomic E-state index is 9.06. The second-order valence-corrected chi connectivity index (χ2v) is 18.2. The minimum atomic E-state index is -1.56. The van der Waals surface area contributed by atoms with Crippen LogP contribution in [0.2, 0.25) is 39.3 Å². The van der Waals surface area contributed by atoms with Crippen molar-refractivity contribution in [1.82, 2.24) is 0 Å². The summed E-state index contributed by atoms with van der Waals surface area (Å²) < 4.78 is 11.8. The van der Waals surface area contributed by atoms with Crippen molar-refractivity contribution in [1.29, 1.82) is 0 Å². The van der Waals surface area contributed by atoms with Gasteiger partial charge in [0.15, 0.2) is 0 Å². The Morgan fingerprint density at radius 2 is 1.07 bits per heavy atom. The largest absolute Gasteiger partial charge is 0.492 e. The topological polar surface area (TPSA) is 58.9 Å². The molecule has 0 heterocycles. The summed E-state index contributed by atoms with van der Waals surface area (Å²) in [6.07, 6.45) is 1.12. The van der Waals surface area contributed by atoms with Gasteiger partial charge in [0.1, 0.15) is 27.6 Å². The van der Waals surface area contributed by atoms with Crippen LogP contribution in [0.1, 0.15) is 24.0 Å². The minimum absolute atomic E-state index is 0.0839. The summed E-state index contributed by atoms with van der Waals surface area (Å²) in [5, 5.41) is 18.1. The fraction of sp³-hybridized carbons (Fsp3) is 0.545. The molecule has 0 radical (unpaired) electrons. The van der Waals surface area contributed by atoms with Gasteiger partial charge in [-0.05, 0) is 0 Å². The molecular formula is C22H34O4Si2. The number of hydrogen-bond donors (Lipinski definition) is 2. The molecule has 0 atom stereocenters. The first-order valence-corrected chi connectivity index (χ1v) is 16.8. The molecular weight excluding hydrogens is 384 g/mol. The summed E-state index contributed by atoms with van der Waals surface area (Å²) >= 11 is 0. The molecule has 0 aliphatic rings. The van der Waals surface area contributed by atoms with Crippen molar-refractivity contribution in [3.05, 3.63) is 23.3 Å². The van der Waals surface area contributed by atoms with Crippen molar-refractivity contribution in [2.45, 2.75) is 52.1 Å². The number of hydrogen-bond acceptors (Lipinski definition) is 4. The molecule has 1 aromatic carbocycles. The fourth-order valence-electron chi connectivity index (χ4n) is 2.00. The van der Waals surface area contributed by atoms with Crippen LogP contribution in [0.25, 0.3) is 0 Å². The van der Waals surface area contributed by atoms with Gasteiger partial charge in [0.05, 0.1) is 24.3 Å². The fourth-order valence-corrected chi connectivity index (χ4v) is 3.02. The molecule has 6 heteroatoms. The van der Waals surface area contributed by atoms with Crippen LogP contribution in [0.4, 0.5) is 0 Å². The van der Waals surface area contributed by atoms with Crippen molar-refractivity contribution in [3.63, 3.8) is 0 Å². The van der Waals surface area contributed by atoms with E-state index < -0.39 is 16.1 Å². The smallest absolute Gasteiger partial charge is 0.136 e. The quantitative estimate of drug-likeness (QED) is 0.384. The molecule has 0 saturated carbocycles. The zero-order valence-corrected chi connectivity index (χ0v) is 20.1. The standard InChI is InChI=1S/C22H34O4Si2/c1-27(2,3)15-9-19-17-22(26-14-8-12-24)20(10-16-28(4,5)6)18-21(19)25-13-7-11-23/h17-18,23-24H,7-8,11-14H2,1-6H3. The van der Waals surface area contributed by atoms with E-state index >= 15 is 0 Å². The van der Waals surface area contributed by atoms with E-state index in [2.05, 4.69) is 62.2 Å². The summed E-state index contributed by atoms with van der Waals surface area (Å²) in [6.45, 7) is 14.2. The highest BCUT2D eigenvalue weighted by Crippen LogP contribution is 2.29. The molecule has 2 N–H and O–H groups in total. The van der Waals surface area contributed by atoms with Crippen LogP contribution in [0.3, 0.4) is 0 Å². The van der Waals surface area contributed by atoms with Gasteiger partial charge in [-0.15, -0.1) is 11.1 Å². The van der Waals surface area contributed by atoms with E-state index in [9.17, 15) is 0 Å². The van der Waals surface area contributed by atoms with Gasteiger partial charge in [-0.1, -0.05) is 51.1 Å². The van der Waals surface area contributed by atoms with Crippen LogP contribution in [-0.4, -0.2) is 52.8 Å². The van der Waals surface area contributed by atoms with Gasteiger partial charge >= 0.3 is 0 Å². The number of aliphatic hydroxyl groups is 2. The van der Waals surface area contributed by atoms with E-state index in [-0.39, 0.29) is 13.2 Å². The Hall–Kier alpha value is -1.71. The van der Waals surface area contributed by atoms with Gasteiger partial charge in [0.25, 0.3) is 0 Å². The Balaban J connectivity index is 3.42. The van der Waals surface area contributed by atoms with E-state index in [4.69, 9.17) is 19.7 Å². The van der Waals surface area contributed by atoms with Gasteiger partial charge in [0.2, 0.25) is 0 Å². The lowest BCUT2D eigenvalue weighted by atomic mass is 10.1. The minimum Gasteiger partial charge on any atom is -0.492 e. The third-order valence-corrected chi connectivity index (χ3v) is 5.10. The highest BCUT2D eigenvalue weighted by molar-refractivity contribution is 6.84. The van der Waals surface area contributed by atoms with E-state index in [1.54, 1.807) is 0 Å². The Morgan fingerprint density at radius 1 is 0.714 bits per heavy atom. The highest BCUT2D eigenvalue weighted by atomic mass is 28.3. The van der Waals surface area contributed by atoms with Crippen molar-refractivity contribution < 1.29 is 19.7 Å². The summed E-state index contributed by atoms with van der Waals surface area (Å²) in [6, 6.07) is 3.79. The maximum Gasteiger partial charge on any atom is 0.136 e. The lowest BCUT2D eigenvalue weighted by Gasteiger charge is -2.14. The SMILES string of the molecule is C[Si](C)(C)C#Cc1cc(OCCCO)c(C#C[Si](C)(C)C)cc1OCCCO. The summed E-state index contributed by atoms with van der Waals surface area (Å²) in [5.41, 5.74) is 8.30. The van der Waals surface area contributed by atoms with Crippen molar-refractivity contribution in [2.75, 3.05) is 26.4 Å². The number of ether oxygens (including phenoxy) is 2. The summed E-state index contributed by atoms with van der Waals surface area (Å²) in [4.78, 5) is 0. The van der Waals surface area contributed by atoms with Crippen LogP contribution in [0.5, 0.6) is 11.5 Å². The summed E-state index contributed by atoms with van der Waals surface area (Å²) in [5.74, 6) is 7.88. The second kappa shape index (κ2) is 11.3. The van der Waals surface area contributed by atoms with Gasteiger partial charge < -0.3 is 19.7 Å². The monoisotopic (exact) mass is 418 g/mol. The van der Waals surface area contributed by atoms with E-state index in [1.807, 2.05) is 12.1 Å². The van der Waals surface area contributed by atoms with Gasteiger partial charge in [-0.25, -0.2) is 0 Å². The molecule has 0 aromatic heterocycles. The van der Waals surface area contributed by atoms with Gasteiger partial charge in [-0.3, -0.25) is 0 Å². The predicted octanol–water partition coefficient (Wildman–Crippen LogP) is 3.67. The molecule has 0 saturated heterocycles. The van der Waals surface area contributed by atoms with E-state index in [0.717, 1.165) is 11.1 Å². The molecule has 0 aliphatic carbocycles. The molecule has 0 fully saturated rings. The third-order valence-electron chi connectivity index (χ3n) is 3.35. The molecule has 0 aliphatic heterocycles. The number of rotatable bonds is 8. The Kier molecular flexibility index (Phi) is 9.85. The van der Waals surface area contributed by atoms with Crippen LogP contribution >= 0.6 is 0 Å². The average Bonchev–Trinajstić information content (AvgIpc) is 2.58. The predicted molar refractivity (Wildman–Crippen MR) is 121 cm³/mol. The zero-order chi connectivity index (χ0) is 21.2. The molecule has 28 heavy (non-hydrogen) atoms. The van der Waals surface area contributed by atoms with E-state index in [1.165, 1.54) is 0 Å². The lowest BCUT2D eigenvalue weighted by molar-refractivity contribution is 0.229. The van der Waals surface area contributed by atoms with Gasteiger partial charge in [-0.2, -0.15) is 0 Å². The van der Waals surface area contributed by atoms with E-state index in [0.29, 0.717) is 37.6 Å². The van der Waals surface area contributed by atoms with Crippen LogP contribution < -0.4 is 9.47 Å². The maximum atomic E-state index is 9.06. The molecule has 4 nitrogen and oxygen atoms in total. The van der Waals surface area contributed by atoms with Crippen LogP contribution in [0.15, 0.2) is 12.1 Å². The second-order valence-electron chi connectivity index (χ2n) is 8.70. The number of aliphatic hydroxyl groups excluding tert-OH is 2. The molecule has 1 aromatic rings. The van der Waals surface area contributed by atoms with Crippen LogP contribution in [-0.2, 0) is 0 Å². The molecule has 0 amide bonds. The van der Waals surface area contributed by atoms with Gasteiger partial charge in [0, 0.05) is 38.2 Å². The lowest BCUT2D eigenvalue weighted by Crippen LogP contribution is -2.16. The molecule has 154 valence electrons. The molecule has 0 spiro atoms. The normalized spacial score (nSPS) is 11.1. The van der Waals surface area contributed by atoms with Crippen molar-refractivity contribution in [3.8, 4) is 34.4 Å².